The number of fused-ring (bicyclic) bond motifs is 1. The number of ether oxygens (including phenoxy) is 2. The molecule has 2 atom stereocenters. The number of benzene rings is 2. The van der Waals surface area contributed by atoms with Gasteiger partial charge in [0.25, 0.3) is 11.8 Å². The zero-order valence-corrected chi connectivity index (χ0v) is 15.4. The molecule has 0 spiro atoms. The molecule has 0 bridgehead atoms. The van der Waals surface area contributed by atoms with Crippen molar-refractivity contribution in [2.24, 2.45) is 10.3 Å². The number of halogens is 1. The minimum Gasteiger partial charge on any atom is -0.493 e. The Morgan fingerprint density at radius 1 is 0.964 bits per heavy atom. The van der Waals surface area contributed by atoms with Gasteiger partial charge in [0.2, 0.25) is 0 Å². The maximum absolute atomic E-state index is 14.0. The van der Waals surface area contributed by atoms with Crippen molar-refractivity contribution in [2.45, 2.75) is 19.0 Å². The molecule has 144 valence electrons. The molecule has 0 N–H and O–H groups in total. The molecule has 1 fully saturated rings. The fraction of sp³-hybridized carbons (Fsp3) is 0.263. The van der Waals surface area contributed by atoms with Gasteiger partial charge in [-0.25, -0.2) is 14.3 Å². The number of carbonyl (C=O) groups is 2. The molecule has 0 saturated carbocycles. The van der Waals surface area contributed by atoms with E-state index in [1.54, 1.807) is 37.3 Å². The number of rotatable bonds is 4. The molecule has 2 aromatic rings. The number of aryl methyl sites for hydroxylation is 1. The van der Waals surface area contributed by atoms with E-state index in [1.807, 2.05) is 0 Å². The number of methoxy groups -OCH3 is 2. The van der Waals surface area contributed by atoms with Crippen molar-refractivity contribution < 1.29 is 23.5 Å². The topological polar surface area (TPSA) is 83.8 Å². The quantitative estimate of drug-likeness (QED) is 0.757. The predicted molar refractivity (Wildman–Crippen MR) is 98.1 cm³/mol. The molecule has 2 aliphatic heterocycles. The minimum atomic E-state index is -0.982. The summed E-state index contributed by atoms with van der Waals surface area (Å²) >= 11 is 0. The van der Waals surface area contributed by atoms with Gasteiger partial charge in [-0.1, -0.05) is 11.3 Å². The van der Waals surface area contributed by atoms with Gasteiger partial charge in [0.1, 0.15) is 5.82 Å². The Hall–Kier alpha value is -3.49. The molecule has 2 aromatic carbocycles. The summed E-state index contributed by atoms with van der Waals surface area (Å²) in [5.41, 5.74) is 1.17. The van der Waals surface area contributed by atoms with Crippen molar-refractivity contribution in [3.63, 3.8) is 0 Å². The second kappa shape index (κ2) is 6.59. The van der Waals surface area contributed by atoms with Gasteiger partial charge in [-0.2, -0.15) is 5.11 Å². The summed E-state index contributed by atoms with van der Waals surface area (Å²) in [5.74, 6) is -0.558. The van der Waals surface area contributed by atoms with Crippen molar-refractivity contribution in [3.05, 3.63) is 47.8 Å². The van der Waals surface area contributed by atoms with Gasteiger partial charge in [0.05, 0.1) is 25.6 Å². The molecule has 4 rings (SSSR count). The standard InChI is InChI=1S/C19H17FN4O4/c1-10-4-5-12(8-13(10)20)24-17-16(21-22-24)18(25)23(19(17)26)11-6-7-14(27-2)15(9-11)28-3/h4-9,16-17H,1-3H3/t16-,17-/m1/s1. The Labute approximate surface area is 160 Å². The Morgan fingerprint density at radius 2 is 1.68 bits per heavy atom. The van der Waals surface area contributed by atoms with Crippen LogP contribution in [0.5, 0.6) is 11.5 Å². The molecule has 2 amide bonds. The van der Waals surface area contributed by atoms with Crippen LogP contribution in [0.4, 0.5) is 15.8 Å². The van der Waals surface area contributed by atoms with Crippen LogP contribution in [0, 0.1) is 12.7 Å². The minimum absolute atomic E-state index is 0.340. The number of amides is 2. The maximum Gasteiger partial charge on any atom is 0.263 e. The number of nitrogens with zero attached hydrogens (tertiary/aromatic N) is 4. The molecule has 2 heterocycles. The molecule has 8 nitrogen and oxygen atoms in total. The van der Waals surface area contributed by atoms with E-state index in [0.29, 0.717) is 28.4 Å². The zero-order valence-electron chi connectivity index (χ0n) is 15.4. The normalized spacial score (nSPS) is 20.7. The second-order valence-corrected chi connectivity index (χ2v) is 6.42. The number of carbonyl (C=O) groups excluding carboxylic acids is 2. The second-order valence-electron chi connectivity index (χ2n) is 6.42. The Balaban J connectivity index is 1.69. The highest BCUT2D eigenvalue weighted by atomic mass is 19.1. The lowest BCUT2D eigenvalue weighted by Crippen LogP contribution is -2.40. The Morgan fingerprint density at radius 3 is 2.36 bits per heavy atom. The van der Waals surface area contributed by atoms with Crippen LogP contribution in [0.25, 0.3) is 0 Å². The molecular weight excluding hydrogens is 367 g/mol. The summed E-state index contributed by atoms with van der Waals surface area (Å²) in [6.45, 7) is 1.64. The van der Waals surface area contributed by atoms with E-state index in [4.69, 9.17) is 9.47 Å². The summed E-state index contributed by atoms with van der Waals surface area (Å²) < 4.78 is 24.4. The van der Waals surface area contributed by atoms with E-state index in [2.05, 4.69) is 10.3 Å². The van der Waals surface area contributed by atoms with Gasteiger partial charge in [0, 0.05) is 6.07 Å². The smallest absolute Gasteiger partial charge is 0.263 e. The molecular formula is C19H17FN4O4. The Kier molecular flexibility index (Phi) is 4.21. The number of hydrogen-bond donors (Lipinski definition) is 0. The first-order chi connectivity index (χ1) is 13.5. The van der Waals surface area contributed by atoms with Crippen molar-refractivity contribution >= 4 is 23.2 Å². The molecule has 0 aliphatic carbocycles. The third-order valence-electron chi connectivity index (χ3n) is 4.83. The monoisotopic (exact) mass is 384 g/mol. The van der Waals surface area contributed by atoms with Gasteiger partial charge < -0.3 is 9.47 Å². The number of imide groups is 1. The van der Waals surface area contributed by atoms with Gasteiger partial charge >= 0.3 is 0 Å². The van der Waals surface area contributed by atoms with Gasteiger partial charge in [0.15, 0.2) is 23.6 Å². The van der Waals surface area contributed by atoms with Crippen LogP contribution < -0.4 is 19.4 Å². The zero-order chi connectivity index (χ0) is 20.0. The third kappa shape index (κ3) is 2.58. The largest absolute Gasteiger partial charge is 0.493 e. The third-order valence-corrected chi connectivity index (χ3v) is 4.83. The first-order valence-electron chi connectivity index (χ1n) is 8.52. The van der Waals surface area contributed by atoms with E-state index in [9.17, 15) is 14.0 Å². The molecule has 0 aromatic heterocycles. The SMILES string of the molecule is COc1ccc(N2C(=O)[C@@H]3N=NN(c4ccc(C)c(F)c4)[C@H]3C2=O)cc1OC. The molecule has 0 unspecified atom stereocenters. The van der Waals surface area contributed by atoms with E-state index in [-0.39, 0.29) is 0 Å². The molecule has 2 aliphatic rings. The highest BCUT2D eigenvalue weighted by molar-refractivity contribution is 6.26. The fourth-order valence-electron chi connectivity index (χ4n) is 3.32. The van der Waals surface area contributed by atoms with E-state index in [1.165, 1.54) is 25.3 Å². The van der Waals surface area contributed by atoms with Crippen molar-refractivity contribution in [1.29, 1.82) is 0 Å². The van der Waals surface area contributed by atoms with Crippen molar-refractivity contribution in [1.82, 2.24) is 0 Å². The molecule has 28 heavy (non-hydrogen) atoms. The summed E-state index contributed by atoms with van der Waals surface area (Å²) in [6.07, 6.45) is 0. The molecule has 1 saturated heterocycles. The summed E-state index contributed by atoms with van der Waals surface area (Å²) in [4.78, 5) is 26.9. The lowest BCUT2D eigenvalue weighted by molar-refractivity contribution is -0.121. The first-order valence-corrected chi connectivity index (χ1v) is 8.52. The van der Waals surface area contributed by atoms with Crippen LogP contribution in [-0.4, -0.2) is 38.1 Å². The van der Waals surface area contributed by atoms with Gasteiger partial charge in [-0.05, 0) is 36.8 Å². The van der Waals surface area contributed by atoms with Crippen LogP contribution in [0.3, 0.4) is 0 Å². The van der Waals surface area contributed by atoms with E-state index < -0.39 is 29.7 Å². The van der Waals surface area contributed by atoms with Crippen LogP contribution in [0.2, 0.25) is 0 Å². The molecule has 0 radical (unpaired) electrons. The van der Waals surface area contributed by atoms with Gasteiger partial charge in [-0.3, -0.25) is 9.59 Å². The maximum atomic E-state index is 14.0. The predicted octanol–water partition coefficient (Wildman–Crippen LogP) is 2.65. The van der Waals surface area contributed by atoms with Gasteiger partial charge in [-0.15, -0.1) is 0 Å². The van der Waals surface area contributed by atoms with E-state index >= 15 is 0 Å². The Bertz CT molecular complexity index is 1010. The summed E-state index contributed by atoms with van der Waals surface area (Å²) in [7, 11) is 2.96. The highest BCUT2D eigenvalue weighted by Gasteiger charge is 2.55. The number of hydrogen-bond acceptors (Lipinski definition) is 7. The van der Waals surface area contributed by atoms with Crippen molar-refractivity contribution in [3.8, 4) is 11.5 Å². The number of anilines is 2. The highest BCUT2D eigenvalue weighted by Crippen LogP contribution is 2.38. The fourth-order valence-corrected chi connectivity index (χ4v) is 3.32. The van der Waals surface area contributed by atoms with Crippen molar-refractivity contribution in [2.75, 3.05) is 24.1 Å². The lowest BCUT2D eigenvalue weighted by Gasteiger charge is -2.21. The average Bonchev–Trinajstić information content (AvgIpc) is 3.24. The average molecular weight is 384 g/mol. The van der Waals surface area contributed by atoms with Crippen LogP contribution in [0.1, 0.15) is 5.56 Å². The lowest BCUT2D eigenvalue weighted by atomic mass is 10.1. The summed E-state index contributed by atoms with van der Waals surface area (Å²) in [5, 5.41) is 9.17. The van der Waals surface area contributed by atoms with Crippen LogP contribution >= 0.6 is 0 Å². The first kappa shape index (κ1) is 17.9. The van der Waals surface area contributed by atoms with E-state index in [0.717, 1.165) is 4.90 Å². The molecule has 9 heteroatoms. The van der Waals surface area contributed by atoms with Crippen LogP contribution in [-0.2, 0) is 9.59 Å². The van der Waals surface area contributed by atoms with Crippen LogP contribution in [0.15, 0.2) is 46.7 Å². The summed E-state index contributed by atoms with van der Waals surface area (Å²) in [6, 6.07) is 7.30.